The molecular formula is C15H21F3N2O3. The monoisotopic (exact) mass is 334 g/mol. The molecule has 0 bridgehead atoms. The minimum Gasteiger partial charge on any atom is -0.493 e. The summed E-state index contributed by atoms with van der Waals surface area (Å²) in [7, 11) is 4.12. The number of alkyl halides is 3. The standard InChI is InChI=1S/C15H21F3N2O3/c1-21-11-5-4-10(12(22-2)13(11)23-3)14(15(16,17)18)20-8-6-19-7-9-20/h4-5,14,19H,6-9H2,1-3H3/t14-/m0/s1. The van der Waals surface area contributed by atoms with Crippen molar-refractivity contribution in [1.29, 1.82) is 0 Å². The molecule has 0 unspecified atom stereocenters. The molecule has 0 aliphatic carbocycles. The van der Waals surface area contributed by atoms with Gasteiger partial charge in [0, 0.05) is 31.7 Å². The average molecular weight is 334 g/mol. The lowest BCUT2D eigenvalue weighted by atomic mass is 10.0. The molecule has 0 saturated carbocycles. The van der Waals surface area contributed by atoms with E-state index in [0.29, 0.717) is 31.9 Å². The van der Waals surface area contributed by atoms with Crippen molar-refractivity contribution in [2.24, 2.45) is 0 Å². The molecule has 1 aromatic carbocycles. The zero-order chi connectivity index (χ0) is 17.0. The lowest BCUT2D eigenvalue weighted by Crippen LogP contribution is -2.49. The molecule has 1 N–H and O–H groups in total. The van der Waals surface area contributed by atoms with Crippen LogP contribution in [0.3, 0.4) is 0 Å². The van der Waals surface area contributed by atoms with Gasteiger partial charge < -0.3 is 19.5 Å². The minimum atomic E-state index is -4.43. The molecule has 1 heterocycles. The predicted octanol–water partition coefficient (Wildman–Crippen LogP) is 2.22. The summed E-state index contributed by atoms with van der Waals surface area (Å²) in [6.07, 6.45) is -4.43. The van der Waals surface area contributed by atoms with Gasteiger partial charge in [-0.1, -0.05) is 0 Å². The van der Waals surface area contributed by atoms with Crippen LogP contribution in [0.5, 0.6) is 17.2 Å². The van der Waals surface area contributed by atoms with Gasteiger partial charge in [0.1, 0.15) is 6.04 Å². The van der Waals surface area contributed by atoms with E-state index in [9.17, 15) is 13.2 Å². The van der Waals surface area contributed by atoms with Gasteiger partial charge in [-0.2, -0.15) is 13.2 Å². The van der Waals surface area contributed by atoms with Gasteiger partial charge in [-0.05, 0) is 12.1 Å². The fraction of sp³-hybridized carbons (Fsp3) is 0.600. The van der Waals surface area contributed by atoms with Crippen LogP contribution in [0.15, 0.2) is 12.1 Å². The van der Waals surface area contributed by atoms with Crippen LogP contribution in [0, 0.1) is 0 Å². The maximum Gasteiger partial charge on any atom is 0.408 e. The second-order valence-electron chi connectivity index (χ2n) is 5.15. The van der Waals surface area contributed by atoms with Gasteiger partial charge >= 0.3 is 6.18 Å². The zero-order valence-corrected chi connectivity index (χ0v) is 13.4. The summed E-state index contributed by atoms with van der Waals surface area (Å²) < 4.78 is 56.8. The Hall–Kier alpha value is -1.67. The molecule has 5 nitrogen and oxygen atoms in total. The van der Waals surface area contributed by atoms with E-state index in [0.717, 1.165) is 0 Å². The predicted molar refractivity (Wildman–Crippen MR) is 79.3 cm³/mol. The highest BCUT2D eigenvalue weighted by molar-refractivity contribution is 5.57. The van der Waals surface area contributed by atoms with Gasteiger partial charge in [0.25, 0.3) is 0 Å². The van der Waals surface area contributed by atoms with Gasteiger partial charge in [-0.25, -0.2) is 0 Å². The summed E-state index contributed by atoms with van der Waals surface area (Å²) in [6.45, 7) is 1.65. The SMILES string of the molecule is COc1ccc([C@H](N2CCNCC2)C(F)(F)F)c(OC)c1OC. The molecule has 0 aromatic heterocycles. The van der Waals surface area contributed by atoms with Gasteiger partial charge in [-0.3, -0.25) is 4.90 Å². The lowest BCUT2D eigenvalue weighted by molar-refractivity contribution is -0.188. The van der Waals surface area contributed by atoms with Crippen LogP contribution in [0.4, 0.5) is 13.2 Å². The number of rotatable bonds is 5. The molecule has 1 fully saturated rings. The maximum atomic E-state index is 13.7. The molecule has 0 radical (unpaired) electrons. The summed E-state index contributed by atoms with van der Waals surface area (Å²) in [5, 5.41) is 3.06. The Balaban J connectivity index is 2.53. The number of nitrogens with zero attached hydrogens (tertiary/aromatic N) is 1. The Morgan fingerprint density at radius 3 is 2.09 bits per heavy atom. The third-order valence-corrected chi connectivity index (χ3v) is 3.86. The molecule has 1 aromatic rings. The first-order valence-corrected chi connectivity index (χ1v) is 7.24. The smallest absolute Gasteiger partial charge is 0.408 e. The highest BCUT2D eigenvalue weighted by Gasteiger charge is 2.47. The number of ether oxygens (including phenoxy) is 3. The van der Waals surface area contributed by atoms with E-state index in [-0.39, 0.29) is 17.1 Å². The normalized spacial score (nSPS) is 17.7. The molecule has 1 aliphatic heterocycles. The van der Waals surface area contributed by atoms with E-state index < -0.39 is 12.2 Å². The quantitative estimate of drug-likeness (QED) is 0.894. The molecule has 8 heteroatoms. The van der Waals surface area contributed by atoms with E-state index in [1.54, 1.807) is 0 Å². The Morgan fingerprint density at radius 1 is 1.00 bits per heavy atom. The number of hydrogen-bond acceptors (Lipinski definition) is 5. The van der Waals surface area contributed by atoms with Gasteiger partial charge in [0.15, 0.2) is 11.5 Å². The molecule has 0 spiro atoms. The van der Waals surface area contributed by atoms with E-state index in [1.807, 2.05) is 0 Å². The van der Waals surface area contributed by atoms with Crippen LogP contribution in [-0.4, -0.2) is 58.6 Å². The van der Waals surface area contributed by atoms with Crippen LogP contribution in [0.2, 0.25) is 0 Å². The van der Waals surface area contributed by atoms with Crippen molar-refractivity contribution in [3.8, 4) is 17.2 Å². The average Bonchev–Trinajstić information content (AvgIpc) is 2.54. The topological polar surface area (TPSA) is 43.0 Å². The fourth-order valence-electron chi connectivity index (χ4n) is 2.86. The van der Waals surface area contributed by atoms with Crippen LogP contribution in [0.1, 0.15) is 11.6 Å². The molecule has 1 saturated heterocycles. The Bertz CT molecular complexity index is 531. The first kappa shape index (κ1) is 17.7. The number of halogens is 3. The summed E-state index contributed by atoms with van der Waals surface area (Å²) in [6, 6.07) is 1.11. The molecule has 1 aliphatic rings. The zero-order valence-electron chi connectivity index (χ0n) is 13.4. The van der Waals surface area contributed by atoms with Crippen molar-refractivity contribution in [2.45, 2.75) is 12.2 Å². The van der Waals surface area contributed by atoms with E-state index in [1.165, 1.54) is 38.4 Å². The second kappa shape index (κ2) is 7.27. The molecule has 0 amide bonds. The number of hydrogen-bond donors (Lipinski definition) is 1. The van der Waals surface area contributed by atoms with Crippen molar-refractivity contribution in [2.75, 3.05) is 47.5 Å². The molecule has 2 rings (SSSR count). The van der Waals surface area contributed by atoms with Crippen molar-refractivity contribution in [1.82, 2.24) is 10.2 Å². The molecule has 1 atom stereocenters. The summed E-state index contributed by atoms with van der Waals surface area (Å²) in [4.78, 5) is 1.40. The number of benzene rings is 1. The van der Waals surface area contributed by atoms with Crippen LogP contribution in [-0.2, 0) is 0 Å². The highest BCUT2D eigenvalue weighted by Crippen LogP contribution is 2.48. The van der Waals surface area contributed by atoms with E-state index in [2.05, 4.69) is 5.32 Å². The number of nitrogens with one attached hydrogen (secondary N) is 1. The largest absolute Gasteiger partial charge is 0.493 e. The van der Waals surface area contributed by atoms with E-state index in [4.69, 9.17) is 14.2 Å². The van der Waals surface area contributed by atoms with Crippen LogP contribution < -0.4 is 19.5 Å². The van der Waals surface area contributed by atoms with Crippen molar-refractivity contribution >= 4 is 0 Å². The number of piperazine rings is 1. The van der Waals surface area contributed by atoms with Crippen molar-refractivity contribution in [3.05, 3.63) is 17.7 Å². The fourth-order valence-corrected chi connectivity index (χ4v) is 2.86. The van der Waals surface area contributed by atoms with Gasteiger partial charge in [-0.15, -0.1) is 0 Å². The highest BCUT2D eigenvalue weighted by atomic mass is 19.4. The first-order valence-electron chi connectivity index (χ1n) is 7.24. The molecule has 23 heavy (non-hydrogen) atoms. The first-order chi connectivity index (χ1) is 10.9. The Kier molecular flexibility index (Phi) is 5.59. The Labute approximate surface area is 133 Å². The third kappa shape index (κ3) is 3.64. The summed E-state index contributed by atoms with van der Waals surface area (Å²) in [5.74, 6) is 0.541. The van der Waals surface area contributed by atoms with Gasteiger partial charge in [0.05, 0.1) is 21.3 Å². The summed E-state index contributed by atoms with van der Waals surface area (Å²) in [5.41, 5.74) is 0.0274. The molecular weight excluding hydrogens is 313 g/mol. The summed E-state index contributed by atoms with van der Waals surface area (Å²) >= 11 is 0. The van der Waals surface area contributed by atoms with E-state index >= 15 is 0 Å². The van der Waals surface area contributed by atoms with Crippen molar-refractivity contribution in [3.63, 3.8) is 0 Å². The van der Waals surface area contributed by atoms with Crippen LogP contribution >= 0.6 is 0 Å². The van der Waals surface area contributed by atoms with Gasteiger partial charge in [0.2, 0.25) is 5.75 Å². The number of methoxy groups -OCH3 is 3. The van der Waals surface area contributed by atoms with Crippen LogP contribution in [0.25, 0.3) is 0 Å². The minimum absolute atomic E-state index is 0.0274. The Morgan fingerprint density at radius 2 is 1.61 bits per heavy atom. The van der Waals surface area contributed by atoms with Crippen molar-refractivity contribution < 1.29 is 27.4 Å². The third-order valence-electron chi connectivity index (χ3n) is 3.86. The second-order valence-corrected chi connectivity index (χ2v) is 5.15. The maximum absolute atomic E-state index is 13.7. The lowest BCUT2D eigenvalue weighted by Gasteiger charge is -2.36. The molecule has 130 valence electrons.